The summed E-state index contributed by atoms with van der Waals surface area (Å²) in [6.45, 7) is 6.73. The molecule has 1 rings (SSSR count). The molecule has 1 aliphatic rings. The number of hydrogen-bond donors (Lipinski definition) is 1. The molecule has 180 valence electrons. The van der Waals surface area contributed by atoms with Gasteiger partial charge in [-0.25, -0.2) is 17.6 Å². The summed E-state index contributed by atoms with van der Waals surface area (Å²) in [5.74, 6) is -3.51. The van der Waals surface area contributed by atoms with E-state index in [-0.39, 0.29) is 37.3 Å². The summed E-state index contributed by atoms with van der Waals surface area (Å²) in [4.78, 5) is 11.6. The molecule has 1 N–H and O–H groups in total. The highest BCUT2D eigenvalue weighted by Gasteiger charge is 2.42. The van der Waals surface area contributed by atoms with Gasteiger partial charge in [0.2, 0.25) is 0 Å². The van der Waals surface area contributed by atoms with Gasteiger partial charge in [-0.05, 0) is 26.2 Å². The molecule has 0 spiro atoms. The Morgan fingerprint density at radius 1 is 1.00 bits per heavy atom. The first-order valence-electron chi connectivity index (χ1n) is 10.9. The predicted molar refractivity (Wildman–Crippen MR) is 118 cm³/mol. The Hall–Kier alpha value is -1.99. The molecule has 3 nitrogen and oxygen atoms in total. The van der Waals surface area contributed by atoms with E-state index in [2.05, 4.69) is 0 Å². The minimum absolute atomic E-state index is 0.00951. The van der Waals surface area contributed by atoms with Crippen LogP contribution in [-0.4, -0.2) is 29.2 Å². The summed E-state index contributed by atoms with van der Waals surface area (Å²) < 4.78 is 59.3. The molecule has 0 amide bonds. The van der Waals surface area contributed by atoms with Gasteiger partial charge in [-0.3, -0.25) is 4.79 Å². The van der Waals surface area contributed by atoms with Crippen LogP contribution in [0, 0.1) is 5.41 Å². The summed E-state index contributed by atoms with van der Waals surface area (Å²) in [6.07, 6.45) is 7.59. The molecule has 0 aromatic rings. The maximum atomic E-state index is 13.9. The van der Waals surface area contributed by atoms with E-state index < -0.39 is 41.2 Å². The lowest BCUT2D eigenvalue weighted by Gasteiger charge is -2.19. The average Bonchev–Trinajstić information content (AvgIpc) is 3.47. The first-order valence-corrected chi connectivity index (χ1v) is 10.9. The Kier molecular flexibility index (Phi) is 11.9. The third-order valence-corrected chi connectivity index (χ3v) is 5.30. The lowest BCUT2D eigenvalue weighted by atomic mass is 9.83. The summed E-state index contributed by atoms with van der Waals surface area (Å²) in [5.41, 5.74) is -0.493. The summed E-state index contributed by atoms with van der Waals surface area (Å²) in [5, 5.41) is 9.90. The van der Waals surface area contributed by atoms with E-state index in [0.29, 0.717) is 12.8 Å². The molecule has 3 atom stereocenters. The summed E-state index contributed by atoms with van der Waals surface area (Å²) in [6, 6.07) is 0. The molecular weight excluding hydrogens is 424 g/mol. The van der Waals surface area contributed by atoms with Crippen molar-refractivity contribution in [1.29, 1.82) is 0 Å². The van der Waals surface area contributed by atoms with Gasteiger partial charge in [0.1, 0.15) is 35.2 Å². The molecule has 3 unspecified atom stereocenters. The number of carbonyl (C=O) groups is 1. The van der Waals surface area contributed by atoms with Crippen molar-refractivity contribution in [3.63, 3.8) is 0 Å². The van der Waals surface area contributed by atoms with Gasteiger partial charge >= 0.3 is 0 Å². The average molecular weight is 459 g/mol. The molecule has 7 heteroatoms. The highest BCUT2D eigenvalue weighted by Crippen LogP contribution is 2.36. The molecule has 0 aliphatic carbocycles. The van der Waals surface area contributed by atoms with Crippen molar-refractivity contribution in [2.45, 2.75) is 84.5 Å². The number of epoxide rings is 1. The Balaban J connectivity index is 2.36. The third-order valence-electron chi connectivity index (χ3n) is 5.30. The van der Waals surface area contributed by atoms with Gasteiger partial charge in [0.25, 0.3) is 0 Å². The zero-order chi connectivity index (χ0) is 24.3. The number of ether oxygens (including phenoxy) is 1. The van der Waals surface area contributed by atoms with Gasteiger partial charge in [0.15, 0.2) is 0 Å². The van der Waals surface area contributed by atoms with Crippen molar-refractivity contribution >= 4 is 5.78 Å². The van der Waals surface area contributed by atoms with Gasteiger partial charge in [0, 0.05) is 24.7 Å². The number of aliphatic hydroxyl groups is 1. The first-order chi connectivity index (χ1) is 15.0. The molecule has 1 saturated heterocycles. The SMILES string of the molecule is CC/C(F)=C(/F)C/C=C\C/C=C\C/C(F)=C(/F)CC(O)/C=C/C1OC1CC(C)(C)C(C)=O. The zero-order valence-corrected chi connectivity index (χ0v) is 19.2. The molecule has 1 heterocycles. The lowest BCUT2D eigenvalue weighted by Crippen LogP contribution is -2.23. The van der Waals surface area contributed by atoms with Gasteiger partial charge in [0.05, 0.1) is 12.2 Å². The monoisotopic (exact) mass is 458 g/mol. The second-order valence-electron chi connectivity index (χ2n) is 8.50. The molecule has 0 radical (unpaired) electrons. The van der Waals surface area contributed by atoms with Crippen LogP contribution in [-0.2, 0) is 9.53 Å². The van der Waals surface area contributed by atoms with Crippen molar-refractivity contribution < 1.29 is 32.2 Å². The second-order valence-corrected chi connectivity index (χ2v) is 8.50. The van der Waals surface area contributed by atoms with Crippen LogP contribution in [0.25, 0.3) is 0 Å². The van der Waals surface area contributed by atoms with E-state index in [0.717, 1.165) is 0 Å². The molecule has 1 fully saturated rings. The van der Waals surface area contributed by atoms with Crippen molar-refractivity contribution in [3.05, 3.63) is 59.8 Å². The van der Waals surface area contributed by atoms with Crippen LogP contribution in [0.4, 0.5) is 17.6 Å². The molecule has 0 aromatic carbocycles. The topological polar surface area (TPSA) is 49.8 Å². The number of allylic oxidation sites excluding steroid dienone is 7. The number of aliphatic hydroxyl groups excluding tert-OH is 1. The Bertz CT molecular complexity index is 778. The maximum Gasteiger partial charge on any atom is 0.135 e. The van der Waals surface area contributed by atoms with E-state index >= 15 is 0 Å². The van der Waals surface area contributed by atoms with Crippen molar-refractivity contribution in [2.75, 3.05) is 0 Å². The normalized spacial score (nSPS) is 21.9. The van der Waals surface area contributed by atoms with E-state index in [1.165, 1.54) is 32.1 Å². The quantitative estimate of drug-likeness (QED) is 0.172. The van der Waals surface area contributed by atoms with Crippen LogP contribution in [0.5, 0.6) is 0 Å². The number of Topliss-reactive ketones (excluding diaryl/α,β-unsaturated/α-hetero) is 1. The van der Waals surface area contributed by atoms with Crippen LogP contribution in [0.15, 0.2) is 59.8 Å². The standard InChI is InChI=1S/C25H34F4O3/c1-5-19(26)20(27)11-9-7-6-8-10-12-21(28)22(29)15-18(31)13-14-23-24(32-23)16-25(3,4)17(2)30/h7-10,13-14,18,23-24,31H,5-6,11-12,15-16H2,1-4H3/b9-7-,10-8-,14-13+,20-19-,22-21-. The highest BCUT2D eigenvalue weighted by molar-refractivity contribution is 5.81. The fraction of sp³-hybridized carbons (Fsp3) is 0.560. The van der Waals surface area contributed by atoms with Crippen molar-refractivity contribution in [3.8, 4) is 0 Å². The van der Waals surface area contributed by atoms with Crippen molar-refractivity contribution in [2.24, 2.45) is 5.41 Å². The van der Waals surface area contributed by atoms with Gasteiger partial charge < -0.3 is 9.84 Å². The van der Waals surface area contributed by atoms with Crippen LogP contribution in [0.2, 0.25) is 0 Å². The largest absolute Gasteiger partial charge is 0.389 e. The van der Waals surface area contributed by atoms with Crippen LogP contribution in [0.3, 0.4) is 0 Å². The molecule has 0 bridgehead atoms. The van der Waals surface area contributed by atoms with Crippen LogP contribution < -0.4 is 0 Å². The molecular formula is C25H34F4O3. The minimum atomic E-state index is -1.19. The van der Waals surface area contributed by atoms with Gasteiger partial charge in [-0.15, -0.1) is 0 Å². The molecule has 0 aromatic heterocycles. The second kappa shape index (κ2) is 13.5. The van der Waals surface area contributed by atoms with E-state index in [1.54, 1.807) is 18.2 Å². The number of carbonyl (C=O) groups excluding carboxylic acids is 1. The fourth-order valence-corrected chi connectivity index (χ4v) is 2.79. The Morgan fingerprint density at radius 2 is 1.56 bits per heavy atom. The van der Waals surface area contributed by atoms with Gasteiger partial charge in [-0.1, -0.05) is 57.2 Å². The number of ketones is 1. The first kappa shape index (κ1) is 28.0. The number of hydrogen-bond acceptors (Lipinski definition) is 3. The third kappa shape index (κ3) is 10.6. The molecule has 1 aliphatic heterocycles. The van der Waals surface area contributed by atoms with E-state index in [1.807, 2.05) is 13.8 Å². The summed E-state index contributed by atoms with van der Waals surface area (Å²) in [7, 11) is 0. The zero-order valence-electron chi connectivity index (χ0n) is 19.2. The van der Waals surface area contributed by atoms with E-state index in [9.17, 15) is 27.5 Å². The molecule has 0 saturated carbocycles. The van der Waals surface area contributed by atoms with Crippen LogP contribution >= 0.6 is 0 Å². The van der Waals surface area contributed by atoms with Crippen molar-refractivity contribution in [1.82, 2.24) is 0 Å². The van der Waals surface area contributed by atoms with Crippen LogP contribution in [0.1, 0.15) is 66.2 Å². The number of halogens is 4. The van der Waals surface area contributed by atoms with E-state index in [4.69, 9.17) is 4.74 Å². The lowest BCUT2D eigenvalue weighted by molar-refractivity contribution is -0.125. The minimum Gasteiger partial charge on any atom is -0.389 e. The Morgan fingerprint density at radius 3 is 2.09 bits per heavy atom. The Labute approximate surface area is 188 Å². The van der Waals surface area contributed by atoms with Gasteiger partial charge in [-0.2, -0.15) is 0 Å². The fourth-order valence-electron chi connectivity index (χ4n) is 2.79. The summed E-state index contributed by atoms with van der Waals surface area (Å²) >= 11 is 0. The smallest absolute Gasteiger partial charge is 0.135 e. The molecule has 32 heavy (non-hydrogen) atoms. The maximum absolute atomic E-state index is 13.9. The predicted octanol–water partition coefficient (Wildman–Crippen LogP) is 7.06. The highest BCUT2D eigenvalue weighted by atomic mass is 19.2. The number of rotatable bonds is 14.